The quantitative estimate of drug-likeness (QED) is 0.379. The van der Waals surface area contributed by atoms with E-state index in [4.69, 9.17) is 4.74 Å². The summed E-state index contributed by atoms with van der Waals surface area (Å²) >= 11 is 0. The molecule has 2 amide bonds. The summed E-state index contributed by atoms with van der Waals surface area (Å²) in [5.74, 6) is -2.68. The number of nitrogens with one attached hydrogen (secondary N) is 2. The van der Waals surface area contributed by atoms with Crippen LogP contribution in [0.3, 0.4) is 0 Å². The van der Waals surface area contributed by atoms with Crippen LogP contribution in [-0.4, -0.2) is 50.0 Å². The van der Waals surface area contributed by atoms with Gasteiger partial charge in [-0.05, 0) is 30.3 Å². The summed E-state index contributed by atoms with van der Waals surface area (Å²) in [6.07, 6.45) is 0. The van der Waals surface area contributed by atoms with E-state index in [1.165, 1.54) is 36.4 Å². The monoisotopic (exact) mass is 418 g/mol. The first-order chi connectivity index (χ1) is 14.2. The van der Waals surface area contributed by atoms with Crippen LogP contribution >= 0.6 is 0 Å². The Morgan fingerprint density at radius 2 is 1.77 bits per heavy atom. The molecule has 0 unspecified atom stereocenters. The van der Waals surface area contributed by atoms with Crippen LogP contribution in [0.5, 0.6) is 0 Å². The van der Waals surface area contributed by atoms with Crippen molar-refractivity contribution in [2.45, 2.75) is 0 Å². The summed E-state index contributed by atoms with van der Waals surface area (Å²) < 4.78 is 17.7. The first-order valence-electron chi connectivity index (χ1n) is 8.62. The number of rotatable bonds is 8. The SMILES string of the molecule is CN(C)c1ccc([N+](=O)[O-])cc1C(=O)OCC(=O)NCC(=O)Nc1ccc(F)cc1. The Morgan fingerprint density at radius 3 is 2.37 bits per heavy atom. The molecule has 30 heavy (non-hydrogen) atoms. The van der Waals surface area contributed by atoms with Crippen molar-refractivity contribution in [3.05, 3.63) is 64.0 Å². The lowest BCUT2D eigenvalue weighted by molar-refractivity contribution is -0.384. The molecule has 2 rings (SSSR count). The van der Waals surface area contributed by atoms with E-state index in [0.717, 1.165) is 6.07 Å². The Bertz CT molecular complexity index is 962. The second kappa shape index (κ2) is 9.96. The number of benzene rings is 2. The maximum absolute atomic E-state index is 12.8. The maximum Gasteiger partial charge on any atom is 0.341 e. The molecule has 0 aliphatic rings. The van der Waals surface area contributed by atoms with Crippen LogP contribution in [0.15, 0.2) is 42.5 Å². The number of nitro groups is 1. The Balaban J connectivity index is 1.89. The van der Waals surface area contributed by atoms with Gasteiger partial charge in [0.25, 0.3) is 11.6 Å². The lowest BCUT2D eigenvalue weighted by atomic mass is 10.1. The van der Waals surface area contributed by atoms with Gasteiger partial charge in [-0.1, -0.05) is 0 Å². The minimum atomic E-state index is -0.923. The van der Waals surface area contributed by atoms with Crippen LogP contribution in [0.25, 0.3) is 0 Å². The van der Waals surface area contributed by atoms with Crippen molar-refractivity contribution < 1.29 is 28.4 Å². The average molecular weight is 418 g/mol. The number of nitrogens with zero attached hydrogens (tertiary/aromatic N) is 2. The maximum atomic E-state index is 12.8. The number of halogens is 1. The summed E-state index contributed by atoms with van der Waals surface area (Å²) in [6, 6.07) is 8.77. The van der Waals surface area contributed by atoms with E-state index < -0.39 is 41.7 Å². The molecule has 0 aliphatic heterocycles. The van der Waals surface area contributed by atoms with Crippen LogP contribution in [0.2, 0.25) is 0 Å². The molecule has 0 atom stereocenters. The first kappa shape index (κ1) is 22.3. The normalized spacial score (nSPS) is 10.1. The van der Waals surface area contributed by atoms with Gasteiger partial charge in [0.15, 0.2) is 6.61 Å². The number of anilines is 2. The molecule has 0 aliphatic carbocycles. The fraction of sp³-hybridized carbons (Fsp3) is 0.211. The highest BCUT2D eigenvalue weighted by Crippen LogP contribution is 2.24. The predicted molar refractivity (Wildman–Crippen MR) is 106 cm³/mol. The number of carbonyl (C=O) groups is 3. The number of hydrogen-bond donors (Lipinski definition) is 2. The molecule has 0 bridgehead atoms. The molecule has 0 heterocycles. The highest BCUT2D eigenvalue weighted by molar-refractivity contribution is 5.98. The summed E-state index contributed by atoms with van der Waals surface area (Å²) in [5.41, 5.74) is 0.360. The van der Waals surface area contributed by atoms with E-state index in [0.29, 0.717) is 11.4 Å². The zero-order valence-corrected chi connectivity index (χ0v) is 16.2. The third-order valence-corrected chi connectivity index (χ3v) is 3.80. The van der Waals surface area contributed by atoms with Crippen molar-refractivity contribution in [2.24, 2.45) is 0 Å². The van der Waals surface area contributed by atoms with E-state index in [1.807, 2.05) is 0 Å². The molecule has 11 heteroatoms. The van der Waals surface area contributed by atoms with Gasteiger partial charge in [0.2, 0.25) is 5.91 Å². The van der Waals surface area contributed by atoms with E-state index in [9.17, 15) is 28.9 Å². The van der Waals surface area contributed by atoms with E-state index in [1.54, 1.807) is 19.0 Å². The van der Waals surface area contributed by atoms with Gasteiger partial charge in [-0.25, -0.2) is 9.18 Å². The molecule has 0 spiro atoms. The van der Waals surface area contributed by atoms with Gasteiger partial charge in [-0.3, -0.25) is 19.7 Å². The van der Waals surface area contributed by atoms with Crippen LogP contribution in [0.1, 0.15) is 10.4 Å². The summed E-state index contributed by atoms with van der Waals surface area (Å²) in [5, 5.41) is 15.7. The van der Waals surface area contributed by atoms with Crippen LogP contribution in [-0.2, 0) is 14.3 Å². The minimum Gasteiger partial charge on any atom is -0.452 e. The van der Waals surface area contributed by atoms with Crippen molar-refractivity contribution in [1.29, 1.82) is 0 Å². The van der Waals surface area contributed by atoms with Gasteiger partial charge >= 0.3 is 5.97 Å². The summed E-state index contributed by atoms with van der Waals surface area (Å²) in [7, 11) is 3.29. The molecule has 158 valence electrons. The van der Waals surface area contributed by atoms with Gasteiger partial charge in [-0.2, -0.15) is 0 Å². The van der Waals surface area contributed by atoms with Gasteiger partial charge < -0.3 is 20.3 Å². The number of amides is 2. The van der Waals surface area contributed by atoms with Gasteiger partial charge in [-0.15, -0.1) is 0 Å². The van der Waals surface area contributed by atoms with Crippen molar-refractivity contribution in [2.75, 3.05) is 37.5 Å². The molecular weight excluding hydrogens is 399 g/mol. The van der Waals surface area contributed by atoms with Crippen molar-refractivity contribution >= 4 is 34.8 Å². The minimum absolute atomic E-state index is 0.0731. The average Bonchev–Trinajstić information content (AvgIpc) is 2.71. The van der Waals surface area contributed by atoms with Crippen molar-refractivity contribution in [3.8, 4) is 0 Å². The third-order valence-electron chi connectivity index (χ3n) is 3.80. The smallest absolute Gasteiger partial charge is 0.341 e. The number of esters is 1. The van der Waals surface area contributed by atoms with E-state index >= 15 is 0 Å². The molecule has 0 fully saturated rings. The van der Waals surface area contributed by atoms with Crippen LogP contribution in [0, 0.1) is 15.9 Å². The van der Waals surface area contributed by atoms with Crippen LogP contribution < -0.4 is 15.5 Å². The zero-order valence-electron chi connectivity index (χ0n) is 16.2. The Hall–Kier alpha value is -4.02. The fourth-order valence-corrected chi connectivity index (χ4v) is 2.37. The highest BCUT2D eigenvalue weighted by Gasteiger charge is 2.20. The standard InChI is InChI=1S/C19H19FN4O6/c1-23(2)16-8-7-14(24(28)29)9-15(16)19(27)30-11-18(26)21-10-17(25)22-13-5-3-12(20)4-6-13/h3-9H,10-11H2,1-2H3,(H,21,26)(H,22,25). The van der Waals surface area contributed by atoms with Crippen molar-refractivity contribution in [1.82, 2.24) is 5.32 Å². The van der Waals surface area contributed by atoms with Crippen molar-refractivity contribution in [3.63, 3.8) is 0 Å². The number of nitro benzene ring substituents is 1. The number of hydrogen-bond acceptors (Lipinski definition) is 7. The number of ether oxygens (including phenoxy) is 1. The molecule has 2 N–H and O–H groups in total. The molecule has 10 nitrogen and oxygen atoms in total. The summed E-state index contributed by atoms with van der Waals surface area (Å²) in [6.45, 7) is -1.08. The second-order valence-corrected chi connectivity index (χ2v) is 6.26. The molecule has 0 aromatic heterocycles. The molecule has 0 radical (unpaired) electrons. The highest BCUT2D eigenvalue weighted by atomic mass is 19.1. The molecular formula is C19H19FN4O6. The molecule has 2 aromatic carbocycles. The predicted octanol–water partition coefficient (Wildman–Crippen LogP) is 1.71. The lowest BCUT2D eigenvalue weighted by Gasteiger charge is -2.16. The fourth-order valence-electron chi connectivity index (χ4n) is 2.37. The van der Waals surface area contributed by atoms with E-state index in [2.05, 4.69) is 10.6 Å². The molecule has 0 saturated heterocycles. The number of non-ortho nitro benzene ring substituents is 1. The lowest BCUT2D eigenvalue weighted by Crippen LogP contribution is -2.35. The Morgan fingerprint density at radius 1 is 1.10 bits per heavy atom. The molecule has 0 saturated carbocycles. The number of carbonyl (C=O) groups excluding carboxylic acids is 3. The summed E-state index contributed by atoms with van der Waals surface area (Å²) in [4.78, 5) is 47.8. The topological polar surface area (TPSA) is 131 Å². The molecule has 2 aromatic rings. The Kier molecular flexibility index (Phi) is 7.39. The first-order valence-corrected chi connectivity index (χ1v) is 8.62. The largest absolute Gasteiger partial charge is 0.452 e. The van der Waals surface area contributed by atoms with Gasteiger partial charge in [0.05, 0.1) is 22.7 Å². The zero-order chi connectivity index (χ0) is 22.3. The van der Waals surface area contributed by atoms with Crippen LogP contribution in [0.4, 0.5) is 21.5 Å². The van der Waals surface area contributed by atoms with Gasteiger partial charge in [0.1, 0.15) is 5.82 Å². The van der Waals surface area contributed by atoms with E-state index in [-0.39, 0.29) is 11.3 Å². The third kappa shape index (κ3) is 6.26. The second-order valence-electron chi connectivity index (χ2n) is 6.26. The Labute approximate surface area is 170 Å². The van der Waals surface area contributed by atoms with Gasteiger partial charge in [0, 0.05) is 31.9 Å².